The zero-order chi connectivity index (χ0) is 13.0. The predicted octanol–water partition coefficient (Wildman–Crippen LogP) is 3.44. The number of halogens is 2. The van der Waals surface area contributed by atoms with Crippen LogP contribution in [0.4, 0.5) is 21.7 Å². The molecule has 0 radical (unpaired) electrons. The van der Waals surface area contributed by atoms with Crippen molar-refractivity contribution in [3.8, 4) is 0 Å². The number of rotatable bonds is 4. The highest BCUT2D eigenvalue weighted by Gasteiger charge is 2.03. The molecule has 0 fully saturated rings. The largest absolute Gasteiger partial charge is 0.369 e. The van der Waals surface area contributed by atoms with Crippen LogP contribution in [0.5, 0.6) is 0 Å². The average Bonchev–Trinajstić information content (AvgIpc) is 2.35. The fraction of sp³-hybridized carbons (Fsp3) is 0.167. The molecule has 0 aliphatic carbocycles. The molecule has 1 heterocycles. The van der Waals surface area contributed by atoms with E-state index in [2.05, 4.69) is 20.6 Å². The molecule has 1 aromatic heterocycles. The molecule has 6 heteroatoms. The SMILES string of the molecule is CCNc1cncc(Nc2ccc(Cl)c(F)c2)n1. The van der Waals surface area contributed by atoms with E-state index in [9.17, 15) is 4.39 Å². The number of nitrogens with zero attached hydrogens (tertiary/aromatic N) is 2. The van der Waals surface area contributed by atoms with Crippen LogP contribution in [0.1, 0.15) is 6.92 Å². The molecule has 0 atom stereocenters. The Morgan fingerprint density at radius 3 is 2.78 bits per heavy atom. The molecule has 1 aromatic carbocycles. The molecule has 2 aromatic rings. The minimum atomic E-state index is -0.475. The molecule has 0 saturated heterocycles. The summed E-state index contributed by atoms with van der Waals surface area (Å²) in [6.07, 6.45) is 3.18. The van der Waals surface area contributed by atoms with Crippen LogP contribution in [-0.2, 0) is 0 Å². The molecule has 2 rings (SSSR count). The van der Waals surface area contributed by atoms with Gasteiger partial charge in [-0.1, -0.05) is 11.6 Å². The van der Waals surface area contributed by atoms with E-state index in [4.69, 9.17) is 11.6 Å². The van der Waals surface area contributed by atoms with E-state index in [1.165, 1.54) is 12.1 Å². The molecule has 4 nitrogen and oxygen atoms in total. The maximum absolute atomic E-state index is 13.3. The molecular formula is C12H12ClFN4. The Morgan fingerprint density at radius 1 is 1.28 bits per heavy atom. The lowest BCUT2D eigenvalue weighted by molar-refractivity contribution is 0.629. The zero-order valence-corrected chi connectivity index (χ0v) is 10.5. The summed E-state index contributed by atoms with van der Waals surface area (Å²) in [6.45, 7) is 2.73. The Morgan fingerprint density at radius 2 is 2.06 bits per heavy atom. The van der Waals surface area contributed by atoms with Gasteiger partial charge in [0.05, 0.1) is 17.4 Å². The highest BCUT2D eigenvalue weighted by molar-refractivity contribution is 6.30. The quantitative estimate of drug-likeness (QED) is 0.890. The third kappa shape index (κ3) is 3.07. The van der Waals surface area contributed by atoms with Crippen LogP contribution in [0.3, 0.4) is 0 Å². The summed E-state index contributed by atoms with van der Waals surface area (Å²) in [5.74, 6) is 0.726. The first-order valence-corrected chi connectivity index (χ1v) is 5.85. The van der Waals surface area contributed by atoms with Crippen LogP contribution < -0.4 is 10.6 Å². The van der Waals surface area contributed by atoms with Gasteiger partial charge in [-0.3, -0.25) is 4.98 Å². The molecule has 0 bridgehead atoms. The maximum atomic E-state index is 13.3. The van der Waals surface area contributed by atoms with E-state index in [0.29, 0.717) is 17.3 Å². The monoisotopic (exact) mass is 266 g/mol. The van der Waals surface area contributed by atoms with Crippen LogP contribution in [0.2, 0.25) is 5.02 Å². The fourth-order valence-electron chi connectivity index (χ4n) is 1.41. The van der Waals surface area contributed by atoms with Gasteiger partial charge in [0, 0.05) is 12.2 Å². The number of hydrogen-bond donors (Lipinski definition) is 2. The lowest BCUT2D eigenvalue weighted by Gasteiger charge is -2.07. The van der Waals surface area contributed by atoms with Gasteiger partial charge in [0.2, 0.25) is 0 Å². The highest BCUT2D eigenvalue weighted by atomic mass is 35.5. The molecule has 0 unspecified atom stereocenters. The van der Waals surface area contributed by atoms with Crippen molar-refractivity contribution in [2.75, 3.05) is 17.2 Å². The molecule has 0 amide bonds. The molecule has 0 aliphatic rings. The van der Waals surface area contributed by atoms with Crippen LogP contribution in [0, 0.1) is 5.82 Å². The standard InChI is InChI=1S/C12H12ClFN4/c1-2-16-11-6-15-7-12(18-11)17-8-3-4-9(13)10(14)5-8/h3-7H,2H2,1H3,(H2,16,17,18). The lowest BCUT2D eigenvalue weighted by atomic mass is 10.3. The molecule has 0 spiro atoms. The highest BCUT2D eigenvalue weighted by Crippen LogP contribution is 2.21. The minimum Gasteiger partial charge on any atom is -0.369 e. The third-order valence-corrected chi connectivity index (χ3v) is 2.49. The first kappa shape index (κ1) is 12.6. The summed E-state index contributed by atoms with van der Waals surface area (Å²) in [7, 11) is 0. The molecular weight excluding hydrogens is 255 g/mol. The van der Waals surface area contributed by atoms with Gasteiger partial charge in [-0.05, 0) is 25.1 Å². The summed E-state index contributed by atoms with van der Waals surface area (Å²) in [5, 5.41) is 6.09. The second-order valence-corrected chi connectivity index (χ2v) is 3.98. The topological polar surface area (TPSA) is 49.8 Å². The van der Waals surface area contributed by atoms with Crippen LogP contribution in [0.15, 0.2) is 30.6 Å². The van der Waals surface area contributed by atoms with Gasteiger partial charge in [0.25, 0.3) is 0 Å². The Hall–Kier alpha value is -1.88. The second kappa shape index (κ2) is 5.64. The van der Waals surface area contributed by atoms with Gasteiger partial charge in [-0.25, -0.2) is 9.37 Å². The number of benzene rings is 1. The van der Waals surface area contributed by atoms with Crippen molar-refractivity contribution in [2.24, 2.45) is 0 Å². The summed E-state index contributed by atoms with van der Waals surface area (Å²) >= 11 is 5.61. The van der Waals surface area contributed by atoms with Crippen molar-refractivity contribution in [2.45, 2.75) is 6.92 Å². The van der Waals surface area contributed by atoms with E-state index in [1.54, 1.807) is 18.5 Å². The van der Waals surface area contributed by atoms with Crippen molar-refractivity contribution < 1.29 is 4.39 Å². The van der Waals surface area contributed by atoms with Crippen molar-refractivity contribution in [3.63, 3.8) is 0 Å². The van der Waals surface area contributed by atoms with E-state index in [0.717, 1.165) is 6.54 Å². The first-order valence-electron chi connectivity index (χ1n) is 5.47. The first-order chi connectivity index (χ1) is 8.69. The van der Waals surface area contributed by atoms with Crippen molar-refractivity contribution in [1.82, 2.24) is 9.97 Å². The van der Waals surface area contributed by atoms with E-state index in [1.807, 2.05) is 6.92 Å². The van der Waals surface area contributed by atoms with E-state index >= 15 is 0 Å². The second-order valence-electron chi connectivity index (χ2n) is 3.57. The Bertz CT molecular complexity index is 547. The molecule has 18 heavy (non-hydrogen) atoms. The minimum absolute atomic E-state index is 0.0908. The van der Waals surface area contributed by atoms with Crippen molar-refractivity contribution in [3.05, 3.63) is 41.4 Å². The number of aromatic nitrogens is 2. The molecule has 0 saturated carbocycles. The fourth-order valence-corrected chi connectivity index (χ4v) is 1.53. The molecule has 94 valence electrons. The Kier molecular flexibility index (Phi) is 3.94. The summed E-state index contributed by atoms with van der Waals surface area (Å²) in [5.41, 5.74) is 0.569. The Balaban J connectivity index is 2.17. The predicted molar refractivity (Wildman–Crippen MR) is 70.9 cm³/mol. The van der Waals surface area contributed by atoms with Gasteiger partial charge in [0.15, 0.2) is 5.82 Å². The number of nitrogens with one attached hydrogen (secondary N) is 2. The van der Waals surface area contributed by atoms with E-state index < -0.39 is 5.82 Å². The summed E-state index contributed by atoms with van der Waals surface area (Å²) < 4.78 is 13.3. The van der Waals surface area contributed by atoms with E-state index in [-0.39, 0.29) is 5.02 Å². The van der Waals surface area contributed by atoms with Gasteiger partial charge < -0.3 is 10.6 Å². The summed E-state index contributed by atoms with van der Waals surface area (Å²) in [4.78, 5) is 8.30. The number of anilines is 3. The van der Waals surface area contributed by atoms with Crippen molar-refractivity contribution in [1.29, 1.82) is 0 Å². The average molecular weight is 267 g/mol. The lowest BCUT2D eigenvalue weighted by Crippen LogP contribution is -2.02. The van der Waals surface area contributed by atoms with Crippen LogP contribution >= 0.6 is 11.6 Å². The third-order valence-electron chi connectivity index (χ3n) is 2.18. The number of hydrogen-bond acceptors (Lipinski definition) is 4. The van der Waals surface area contributed by atoms with Crippen LogP contribution in [0.25, 0.3) is 0 Å². The smallest absolute Gasteiger partial charge is 0.151 e. The van der Waals surface area contributed by atoms with Gasteiger partial charge in [-0.2, -0.15) is 0 Å². The van der Waals surface area contributed by atoms with Gasteiger partial charge >= 0.3 is 0 Å². The zero-order valence-electron chi connectivity index (χ0n) is 9.74. The van der Waals surface area contributed by atoms with Crippen molar-refractivity contribution >= 4 is 28.9 Å². The van der Waals surface area contributed by atoms with Crippen LogP contribution in [-0.4, -0.2) is 16.5 Å². The maximum Gasteiger partial charge on any atom is 0.151 e. The molecule has 2 N–H and O–H groups in total. The van der Waals surface area contributed by atoms with Gasteiger partial charge in [-0.15, -0.1) is 0 Å². The summed E-state index contributed by atoms with van der Waals surface area (Å²) in [6, 6.07) is 4.47. The molecule has 0 aliphatic heterocycles. The van der Waals surface area contributed by atoms with Gasteiger partial charge in [0.1, 0.15) is 11.6 Å². The normalized spacial score (nSPS) is 10.2. The Labute approximate surface area is 109 Å².